The minimum Gasteiger partial charge on any atom is -0.469 e. The summed E-state index contributed by atoms with van der Waals surface area (Å²) in [5.74, 6) is 0.933. The lowest BCUT2D eigenvalue weighted by Gasteiger charge is -2.36. The van der Waals surface area contributed by atoms with Crippen LogP contribution in [0.4, 0.5) is 5.69 Å². The smallest absolute Gasteiger partial charge is 0.308 e. The summed E-state index contributed by atoms with van der Waals surface area (Å²) in [6.45, 7) is 11.0. The molecule has 7 nitrogen and oxygen atoms in total. The number of benzene rings is 1. The Balaban J connectivity index is 0.00000341. The number of piperazine rings is 1. The highest BCUT2D eigenvalue weighted by atomic mass is 127. The summed E-state index contributed by atoms with van der Waals surface area (Å²) in [6.07, 6.45) is 2.74. The fourth-order valence-corrected chi connectivity index (χ4v) is 4.27. The highest BCUT2D eigenvalue weighted by Crippen LogP contribution is 2.19. The number of methoxy groups -OCH3 is 1. The fraction of sp³-hybridized carbons (Fsp3) is 0.652. The first-order valence-corrected chi connectivity index (χ1v) is 11.3. The first kappa shape index (κ1) is 25.7. The second-order valence-corrected chi connectivity index (χ2v) is 8.04. The normalized spacial score (nSPS) is 18.5. The molecule has 2 heterocycles. The average molecular weight is 543 g/mol. The number of nitrogens with one attached hydrogen (secondary N) is 1. The van der Waals surface area contributed by atoms with Gasteiger partial charge >= 0.3 is 5.97 Å². The number of esters is 1. The Morgan fingerprint density at radius 3 is 2.39 bits per heavy atom. The summed E-state index contributed by atoms with van der Waals surface area (Å²) in [4.78, 5) is 23.9. The van der Waals surface area contributed by atoms with Crippen molar-refractivity contribution in [3.63, 3.8) is 0 Å². The van der Waals surface area contributed by atoms with Crippen LogP contribution >= 0.6 is 24.0 Å². The van der Waals surface area contributed by atoms with E-state index in [2.05, 4.69) is 57.3 Å². The van der Waals surface area contributed by atoms with Crippen LogP contribution in [-0.4, -0.2) is 87.7 Å². The van der Waals surface area contributed by atoms with Crippen LogP contribution in [0.2, 0.25) is 0 Å². The van der Waals surface area contributed by atoms with Gasteiger partial charge in [0, 0.05) is 64.6 Å². The van der Waals surface area contributed by atoms with Gasteiger partial charge in [-0.3, -0.25) is 14.7 Å². The van der Waals surface area contributed by atoms with E-state index in [0.29, 0.717) is 0 Å². The van der Waals surface area contributed by atoms with Crippen molar-refractivity contribution >= 4 is 41.6 Å². The molecule has 1 aromatic rings. The van der Waals surface area contributed by atoms with Crippen molar-refractivity contribution in [1.29, 1.82) is 0 Å². The fourth-order valence-electron chi connectivity index (χ4n) is 4.27. The van der Waals surface area contributed by atoms with E-state index in [1.165, 1.54) is 12.8 Å². The zero-order chi connectivity index (χ0) is 21.2. The van der Waals surface area contributed by atoms with Gasteiger partial charge in [-0.25, -0.2) is 0 Å². The number of guanidine groups is 1. The van der Waals surface area contributed by atoms with Gasteiger partial charge in [-0.05, 0) is 38.3 Å². The van der Waals surface area contributed by atoms with Gasteiger partial charge in [0.25, 0.3) is 0 Å². The molecule has 3 rings (SSSR count). The van der Waals surface area contributed by atoms with Gasteiger partial charge in [0.1, 0.15) is 0 Å². The van der Waals surface area contributed by atoms with Crippen LogP contribution in [0.5, 0.6) is 0 Å². The summed E-state index contributed by atoms with van der Waals surface area (Å²) >= 11 is 0. The largest absolute Gasteiger partial charge is 0.469 e. The summed E-state index contributed by atoms with van der Waals surface area (Å²) in [7, 11) is 1.47. The Morgan fingerprint density at radius 1 is 1.10 bits per heavy atom. The molecule has 0 spiro atoms. The van der Waals surface area contributed by atoms with E-state index >= 15 is 0 Å². The predicted molar refractivity (Wildman–Crippen MR) is 137 cm³/mol. The lowest BCUT2D eigenvalue weighted by molar-refractivity contribution is -0.146. The van der Waals surface area contributed by atoms with Gasteiger partial charge in [0.2, 0.25) is 0 Å². The van der Waals surface area contributed by atoms with Gasteiger partial charge < -0.3 is 19.9 Å². The third kappa shape index (κ3) is 7.82. The highest BCUT2D eigenvalue weighted by molar-refractivity contribution is 14.0. The second-order valence-electron chi connectivity index (χ2n) is 8.04. The summed E-state index contributed by atoms with van der Waals surface area (Å²) in [5, 5.41) is 3.41. The molecule has 2 aliphatic rings. The number of carbonyl (C=O) groups excluding carboxylic acids is 1. The van der Waals surface area contributed by atoms with E-state index in [1.54, 1.807) is 0 Å². The van der Waals surface area contributed by atoms with E-state index in [0.717, 1.165) is 84.1 Å². The lowest BCUT2D eigenvalue weighted by Crippen LogP contribution is -2.47. The van der Waals surface area contributed by atoms with E-state index in [9.17, 15) is 4.79 Å². The first-order valence-electron chi connectivity index (χ1n) is 11.3. The number of nitrogens with zero attached hydrogens (tertiary/aromatic N) is 4. The lowest BCUT2D eigenvalue weighted by atomic mass is 9.97. The van der Waals surface area contributed by atoms with E-state index in [4.69, 9.17) is 9.73 Å². The Bertz CT molecular complexity index is 672. The van der Waals surface area contributed by atoms with Crippen molar-refractivity contribution in [3.05, 3.63) is 30.3 Å². The first-order chi connectivity index (χ1) is 14.7. The van der Waals surface area contributed by atoms with E-state index in [-0.39, 0.29) is 35.9 Å². The number of hydrogen-bond acceptors (Lipinski definition) is 5. The minimum atomic E-state index is -0.0797. The van der Waals surface area contributed by atoms with Crippen molar-refractivity contribution in [2.24, 2.45) is 10.9 Å². The molecule has 0 atom stereocenters. The van der Waals surface area contributed by atoms with E-state index < -0.39 is 0 Å². The highest BCUT2D eigenvalue weighted by Gasteiger charge is 2.27. The molecule has 1 aromatic carbocycles. The number of halogens is 1. The Labute approximate surface area is 204 Å². The Morgan fingerprint density at radius 2 is 1.77 bits per heavy atom. The minimum absolute atomic E-state index is 0. The van der Waals surface area contributed by atoms with Gasteiger partial charge in [-0.2, -0.15) is 0 Å². The van der Waals surface area contributed by atoms with Gasteiger partial charge in [-0.15, -0.1) is 24.0 Å². The van der Waals surface area contributed by atoms with Crippen LogP contribution in [0.25, 0.3) is 0 Å². The van der Waals surface area contributed by atoms with Crippen LogP contribution in [0, 0.1) is 5.92 Å². The average Bonchev–Trinajstić information content (AvgIpc) is 2.81. The zero-order valence-electron chi connectivity index (χ0n) is 19.0. The standard InChI is InChI=1S/C23H37N5O2.HI/c1-3-24-23(28-14-10-20(11-15-28)22(29)30-2)25-12-7-13-26-16-18-27(19-17-26)21-8-5-4-6-9-21;/h4-6,8-9,20H,3,7,10-19H2,1-2H3,(H,24,25);1H. The SMILES string of the molecule is CCNC(=NCCCN1CCN(c2ccccc2)CC1)N1CCC(C(=O)OC)CC1.I. The Hall–Kier alpha value is -1.55. The summed E-state index contributed by atoms with van der Waals surface area (Å²) < 4.78 is 4.89. The number of aliphatic imine (C=N–C) groups is 1. The van der Waals surface area contributed by atoms with Crippen LogP contribution < -0.4 is 10.2 Å². The molecule has 0 aromatic heterocycles. The third-order valence-corrected chi connectivity index (χ3v) is 6.05. The molecule has 1 N–H and O–H groups in total. The Kier molecular flexibility index (Phi) is 11.4. The molecule has 0 saturated carbocycles. The second kappa shape index (κ2) is 13.8. The summed E-state index contributed by atoms with van der Waals surface area (Å²) in [6, 6.07) is 10.7. The zero-order valence-corrected chi connectivity index (χ0v) is 21.3. The molecule has 2 aliphatic heterocycles. The number of ether oxygens (including phenoxy) is 1. The molecule has 31 heavy (non-hydrogen) atoms. The predicted octanol–water partition coefficient (Wildman–Crippen LogP) is 2.67. The van der Waals surface area contributed by atoms with Crippen LogP contribution in [-0.2, 0) is 9.53 Å². The number of hydrogen-bond donors (Lipinski definition) is 1. The van der Waals surface area contributed by atoms with Crippen molar-refractivity contribution in [2.45, 2.75) is 26.2 Å². The number of carbonyl (C=O) groups is 1. The number of piperidine rings is 1. The molecule has 8 heteroatoms. The van der Waals surface area contributed by atoms with Crippen molar-refractivity contribution in [3.8, 4) is 0 Å². The molecule has 174 valence electrons. The van der Waals surface area contributed by atoms with Crippen LogP contribution in [0.3, 0.4) is 0 Å². The van der Waals surface area contributed by atoms with Crippen LogP contribution in [0.15, 0.2) is 35.3 Å². The maximum absolute atomic E-state index is 11.7. The van der Waals surface area contributed by atoms with Crippen molar-refractivity contribution < 1.29 is 9.53 Å². The monoisotopic (exact) mass is 543 g/mol. The van der Waals surface area contributed by atoms with E-state index in [1.807, 2.05) is 0 Å². The number of anilines is 1. The van der Waals surface area contributed by atoms with Gasteiger partial charge in [0.05, 0.1) is 13.0 Å². The van der Waals surface area contributed by atoms with Gasteiger partial charge in [-0.1, -0.05) is 18.2 Å². The molecular weight excluding hydrogens is 505 g/mol. The molecule has 2 fully saturated rings. The number of para-hydroxylation sites is 1. The summed E-state index contributed by atoms with van der Waals surface area (Å²) in [5.41, 5.74) is 1.33. The molecule has 0 unspecified atom stereocenters. The molecule has 0 bridgehead atoms. The quantitative estimate of drug-likeness (QED) is 0.188. The van der Waals surface area contributed by atoms with Gasteiger partial charge in [0.15, 0.2) is 5.96 Å². The van der Waals surface area contributed by atoms with Crippen molar-refractivity contribution in [2.75, 3.05) is 70.9 Å². The molecule has 0 radical (unpaired) electrons. The maximum atomic E-state index is 11.7. The molecular formula is C23H38IN5O2. The van der Waals surface area contributed by atoms with Crippen LogP contribution in [0.1, 0.15) is 26.2 Å². The maximum Gasteiger partial charge on any atom is 0.308 e. The third-order valence-electron chi connectivity index (χ3n) is 6.05. The van der Waals surface area contributed by atoms with Crippen molar-refractivity contribution in [1.82, 2.24) is 15.1 Å². The molecule has 2 saturated heterocycles. The molecule has 0 aliphatic carbocycles. The topological polar surface area (TPSA) is 60.4 Å². The number of rotatable bonds is 7. The molecule has 0 amide bonds. The number of likely N-dealkylation sites (tertiary alicyclic amines) is 1.